The summed E-state index contributed by atoms with van der Waals surface area (Å²) in [7, 11) is 1.00. The molecular weight excluding hydrogens is 471 g/mol. The molecule has 0 spiro atoms. The first-order valence-electron chi connectivity index (χ1n) is 9.96. The molecule has 1 nitrogen and oxygen atoms in total. The van der Waals surface area contributed by atoms with Gasteiger partial charge in [-0.1, -0.05) is 60.7 Å². The van der Waals surface area contributed by atoms with E-state index in [1.807, 2.05) is 0 Å². The van der Waals surface area contributed by atoms with Gasteiger partial charge in [0.1, 0.15) is 0 Å². The molecule has 0 fully saturated rings. The van der Waals surface area contributed by atoms with Gasteiger partial charge in [0.25, 0.3) is 0 Å². The molecule has 1 N–H and O–H groups in total. The molecule has 0 aliphatic heterocycles. The second-order valence-electron chi connectivity index (χ2n) is 7.61. The van der Waals surface area contributed by atoms with Crippen LogP contribution in [0, 0.1) is 12.0 Å². The van der Waals surface area contributed by atoms with Crippen molar-refractivity contribution in [1.29, 1.82) is 0 Å². The van der Waals surface area contributed by atoms with Crippen molar-refractivity contribution in [2.24, 2.45) is 0 Å². The molecule has 0 amide bonds. The molecule has 164 valence electrons. The van der Waals surface area contributed by atoms with Gasteiger partial charge in [-0.2, -0.15) is 20.8 Å². The Kier molecular flexibility index (Phi) is 13.8. The Morgan fingerprint density at radius 2 is 1.09 bits per heavy atom. The summed E-state index contributed by atoms with van der Waals surface area (Å²) in [5.74, 6) is 1.70. The van der Waals surface area contributed by atoms with Gasteiger partial charge in [-0.15, -0.1) is 46.7 Å². The fourth-order valence-electron chi connectivity index (χ4n) is 3.79. The number of benzene rings is 4. The van der Waals surface area contributed by atoms with Crippen LogP contribution in [0.1, 0.15) is 43.4 Å². The van der Waals surface area contributed by atoms with Gasteiger partial charge in [0, 0.05) is 13.0 Å². The first kappa shape index (κ1) is 30.4. The molecule has 0 atom stereocenters. The number of hydrogen-bond donors (Lipinski definition) is 1. The zero-order valence-corrected chi connectivity index (χ0v) is 21.9. The Balaban J connectivity index is 0.000000974. The van der Waals surface area contributed by atoms with Crippen LogP contribution in [0.5, 0.6) is 0 Å². The summed E-state index contributed by atoms with van der Waals surface area (Å²) in [6.45, 7) is 6.25. The minimum atomic E-state index is 0. The van der Waals surface area contributed by atoms with E-state index in [9.17, 15) is 0 Å². The number of rotatable bonds is 1. The monoisotopic (exact) mass is 498 g/mol. The van der Waals surface area contributed by atoms with Gasteiger partial charge in [-0.3, -0.25) is 0 Å². The van der Waals surface area contributed by atoms with Crippen LogP contribution >= 0.6 is 0 Å². The number of halogens is 2. The van der Waals surface area contributed by atoms with Gasteiger partial charge >= 0.3 is 21.7 Å². The topological polar surface area (TPSA) is 20.2 Å². The van der Waals surface area contributed by atoms with Crippen molar-refractivity contribution in [2.45, 2.75) is 26.7 Å². The number of aliphatic hydroxyl groups excluding tert-OH is 1. The maximum absolute atomic E-state index is 7.00. The maximum atomic E-state index is 7.00. The van der Waals surface area contributed by atoms with E-state index < -0.39 is 0 Å². The molecule has 0 unspecified atom stereocenters. The van der Waals surface area contributed by atoms with E-state index in [0.29, 0.717) is 0 Å². The van der Waals surface area contributed by atoms with E-state index in [-0.39, 0.29) is 52.4 Å². The first-order chi connectivity index (χ1) is 14.1. The molecule has 0 saturated heterocycles. The van der Waals surface area contributed by atoms with E-state index in [1.165, 1.54) is 44.5 Å². The summed E-state index contributed by atoms with van der Waals surface area (Å²) in [6, 6.07) is 34.0. The average molecular weight is 499 g/mol. The van der Waals surface area contributed by atoms with Crippen LogP contribution in [0.2, 0.25) is 0 Å². The van der Waals surface area contributed by atoms with Gasteiger partial charge < -0.3 is 35.8 Å². The molecule has 4 heteroatoms. The first-order valence-corrected chi connectivity index (χ1v) is 9.96. The molecule has 4 aromatic carbocycles. The van der Waals surface area contributed by atoms with E-state index in [4.69, 9.17) is 5.11 Å². The second-order valence-corrected chi connectivity index (χ2v) is 7.61. The Morgan fingerprint density at radius 3 is 1.62 bits per heavy atom. The van der Waals surface area contributed by atoms with E-state index in [0.717, 1.165) is 7.11 Å². The normalized spacial score (nSPS) is 10.7. The molecule has 1 aliphatic rings. The molecule has 32 heavy (non-hydrogen) atoms. The molecule has 0 heterocycles. The Morgan fingerprint density at radius 1 is 0.656 bits per heavy atom. The minimum Gasteiger partial charge on any atom is -1.00 e. The largest absolute Gasteiger partial charge is 4.00 e. The number of aliphatic hydroxyl groups is 1. The SMILES string of the molecule is CO.C[C-](C)C.[Cl-].[Cl-].[Ti+4].[c-]1c(C2c3ccccc3-c3ccccc32)ccc2ccccc12. The van der Waals surface area contributed by atoms with Crippen LogP contribution in [-0.4, -0.2) is 12.2 Å². The van der Waals surface area contributed by atoms with E-state index in [1.54, 1.807) is 0 Å². The zero-order valence-electron chi connectivity index (χ0n) is 18.9. The van der Waals surface area contributed by atoms with Gasteiger partial charge in [0.05, 0.1) is 0 Å². The van der Waals surface area contributed by atoms with Crippen molar-refractivity contribution in [2.75, 3.05) is 7.11 Å². The summed E-state index contributed by atoms with van der Waals surface area (Å²) >= 11 is 0. The van der Waals surface area contributed by atoms with Crippen molar-refractivity contribution in [3.05, 3.63) is 114 Å². The van der Waals surface area contributed by atoms with Crippen LogP contribution in [0.4, 0.5) is 0 Å². The molecule has 4 aromatic rings. The summed E-state index contributed by atoms with van der Waals surface area (Å²) in [6.07, 6.45) is 0. The van der Waals surface area contributed by atoms with Crippen molar-refractivity contribution in [1.82, 2.24) is 0 Å². The second kappa shape index (κ2) is 14.5. The third-order valence-electron chi connectivity index (χ3n) is 4.83. The van der Waals surface area contributed by atoms with Crippen molar-refractivity contribution < 1.29 is 51.6 Å². The Hall–Kier alpha value is -1.61. The molecule has 0 saturated carbocycles. The van der Waals surface area contributed by atoms with Crippen LogP contribution in [-0.2, 0) is 21.7 Å². The maximum Gasteiger partial charge on any atom is 4.00 e. The van der Waals surface area contributed by atoms with Crippen molar-refractivity contribution in [3.63, 3.8) is 0 Å². The smallest absolute Gasteiger partial charge is 1.00 e. The van der Waals surface area contributed by atoms with Crippen LogP contribution in [0.3, 0.4) is 0 Å². The standard InChI is InChI=1S/C23H15.C4H9.CH4O.2ClH.Ti/c1-2-8-17-15-18(14-13-16(17)7-1)23-21-11-5-3-9-19(21)20-10-4-6-12-22(20)23;1-4(2)3;1-2;;;/h1-14,23H;1-3H3;2H,1H3;2*1H;/q2*-1;;;;+4/p-2. The number of hydrogen-bond acceptors (Lipinski definition) is 1. The summed E-state index contributed by atoms with van der Waals surface area (Å²) in [5.41, 5.74) is 6.74. The van der Waals surface area contributed by atoms with Crippen molar-refractivity contribution in [3.8, 4) is 11.1 Å². The Labute approximate surface area is 220 Å². The molecule has 1 aliphatic carbocycles. The zero-order chi connectivity index (χ0) is 20.8. The van der Waals surface area contributed by atoms with E-state index in [2.05, 4.69) is 112 Å². The fraction of sp³-hybridized carbons (Fsp3) is 0.179. The average Bonchev–Trinajstić information content (AvgIpc) is 3.09. The summed E-state index contributed by atoms with van der Waals surface area (Å²) < 4.78 is 0. The van der Waals surface area contributed by atoms with Crippen LogP contribution in [0.15, 0.2) is 84.9 Å². The quantitative estimate of drug-likeness (QED) is 0.270. The predicted molar refractivity (Wildman–Crippen MR) is 124 cm³/mol. The molecule has 5 rings (SSSR count). The Bertz CT molecular complexity index is 1050. The van der Waals surface area contributed by atoms with Crippen LogP contribution in [0.25, 0.3) is 21.9 Å². The summed E-state index contributed by atoms with van der Waals surface area (Å²) in [4.78, 5) is 0. The van der Waals surface area contributed by atoms with E-state index >= 15 is 0 Å². The number of fused-ring (bicyclic) bond motifs is 4. The van der Waals surface area contributed by atoms with Gasteiger partial charge in [-0.25, -0.2) is 0 Å². The molecule has 0 bridgehead atoms. The molecular formula is C28H28Cl2OTi. The molecule has 0 aromatic heterocycles. The summed E-state index contributed by atoms with van der Waals surface area (Å²) in [5, 5.41) is 9.43. The van der Waals surface area contributed by atoms with Gasteiger partial charge in [0.15, 0.2) is 0 Å². The fourth-order valence-corrected chi connectivity index (χ4v) is 3.79. The van der Waals surface area contributed by atoms with Gasteiger partial charge in [-0.05, 0) is 22.3 Å². The third-order valence-corrected chi connectivity index (χ3v) is 4.83. The minimum absolute atomic E-state index is 0. The van der Waals surface area contributed by atoms with Gasteiger partial charge in [0.2, 0.25) is 0 Å². The van der Waals surface area contributed by atoms with Crippen molar-refractivity contribution >= 4 is 10.8 Å². The molecule has 0 radical (unpaired) electrons. The predicted octanol–water partition coefficient (Wildman–Crippen LogP) is 1.04. The van der Waals surface area contributed by atoms with Crippen LogP contribution < -0.4 is 24.8 Å². The third kappa shape index (κ3) is 6.70.